The molecule has 0 saturated carbocycles. The molecule has 3 rings (SSSR count). The number of ether oxygens (including phenoxy) is 1. The summed E-state index contributed by atoms with van der Waals surface area (Å²) < 4.78 is 28.5. The van der Waals surface area contributed by atoms with Crippen LogP contribution in [0.3, 0.4) is 0 Å². The molecule has 1 unspecified atom stereocenters. The van der Waals surface area contributed by atoms with E-state index in [1.54, 1.807) is 18.4 Å². The summed E-state index contributed by atoms with van der Waals surface area (Å²) in [7, 11) is -3.15. The monoisotopic (exact) mass is 300 g/mol. The largest absolute Gasteiger partial charge is 0.500 e. The fourth-order valence-electron chi connectivity index (χ4n) is 2.53. The molecule has 0 spiro atoms. The van der Waals surface area contributed by atoms with Crippen LogP contribution in [0.15, 0.2) is 65.8 Å². The Balaban J connectivity index is 1.92. The molecule has 4 heteroatoms. The number of rotatable bonds is 3. The van der Waals surface area contributed by atoms with Gasteiger partial charge in [0.15, 0.2) is 9.84 Å². The van der Waals surface area contributed by atoms with Crippen LogP contribution in [0.5, 0.6) is 0 Å². The Bertz CT molecular complexity index is 759. The van der Waals surface area contributed by atoms with Crippen LogP contribution in [0.4, 0.5) is 0 Å². The molecule has 0 amide bonds. The van der Waals surface area contributed by atoms with E-state index < -0.39 is 9.84 Å². The van der Waals surface area contributed by atoms with Crippen molar-refractivity contribution in [1.29, 1.82) is 0 Å². The maximum atomic E-state index is 11.5. The van der Waals surface area contributed by atoms with E-state index in [2.05, 4.69) is 12.1 Å². The Morgan fingerprint density at radius 1 is 1.00 bits per heavy atom. The molecular formula is C17H16O3S. The van der Waals surface area contributed by atoms with Crippen molar-refractivity contribution in [3.05, 3.63) is 72.0 Å². The number of benzene rings is 2. The maximum Gasteiger partial charge on any atom is 0.175 e. The quantitative estimate of drug-likeness (QED) is 0.874. The summed E-state index contributed by atoms with van der Waals surface area (Å²) in [5, 5.41) is 0. The first-order valence-electron chi connectivity index (χ1n) is 6.73. The topological polar surface area (TPSA) is 43.4 Å². The molecule has 2 aromatic carbocycles. The molecule has 0 aromatic heterocycles. The Hall–Kier alpha value is -2.07. The molecule has 1 aliphatic rings. The summed E-state index contributed by atoms with van der Waals surface area (Å²) >= 11 is 0. The minimum atomic E-state index is -3.15. The van der Waals surface area contributed by atoms with Crippen LogP contribution in [-0.2, 0) is 14.6 Å². The molecule has 0 radical (unpaired) electrons. The lowest BCUT2D eigenvalue weighted by atomic mass is 9.89. The standard InChI is InChI=1S/C17H16O3S/c1-21(18,19)15-9-7-14(8-10-15)17-12-20-11-16(17)13-5-3-2-4-6-13/h2-11,17H,12H2,1H3. The SMILES string of the molecule is CS(=O)(=O)c1ccc(C2COC=C2c2ccccc2)cc1. The first kappa shape index (κ1) is 13.9. The van der Waals surface area contributed by atoms with Gasteiger partial charge >= 0.3 is 0 Å². The van der Waals surface area contributed by atoms with Crippen molar-refractivity contribution in [1.82, 2.24) is 0 Å². The van der Waals surface area contributed by atoms with E-state index in [0.29, 0.717) is 11.5 Å². The fraction of sp³-hybridized carbons (Fsp3) is 0.176. The van der Waals surface area contributed by atoms with E-state index in [-0.39, 0.29) is 5.92 Å². The Morgan fingerprint density at radius 2 is 1.67 bits per heavy atom. The molecule has 2 aromatic rings. The van der Waals surface area contributed by atoms with Gasteiger partial charge in [0.05, 0.1) is 17.8 Å². The molecule has 108 valence electrons. The van der Waals surface area contributed by atoms with Crippen molar-refractivity contribution >= 4 is 15.4 Å². The first-order valence-corrected chi connectivity index (χ1v) is 8.62. The highest BCUT2D eigenvalue weighted by Gasteiger charge is 2.24. The molecule has 3 nitrogen and oxygen atoms in total. The lowest BCUT2D eigenvalue weighted by Gasteiger charge is -2.14. The van der Waals surface area contributed by atoms with Gasteiger partial charge in [-0.3, -0.25) is 0 Å². The van der Waals surface area contributed by atoms with Crippen LogP contribution < -0.4 is 0 Å². The van der Waals surface area contributed by atoms with Crippen LogP contribution in [-0.4, -0.2) is 21.3 Å². The number of hydrogen-bond donors (Lipinski definition) is 0. The molecule has 1 atom stereocenters. The Morgan fingerprint density at radius 3 is 2.29 bits per heavy atom. The van der Waals surface area contributed by atoms with Crippen LogP contribution in [0.25, 0.3) is 5.57 Å². The molecule has 1 aliphatic heterocycles. The van der Waals surface area contributed by atoms with Crippen LogP contribution in [0.2, 0.25) is 0 Å². The van der Waals surface area contributed by atoms with Crippen LogP contribution >= 0.6 is 0 Å². The lowest BCUT2D eigenvalue weighted by Crippen LogP contribution is -2.03. The maximum absolute atomic E-state index is 11.5. The zero-order chi connectivity index (χ0) is 14.9. The predicted octanol–water partition coefficient (Wildman–Crippen LogP) is 3.25. The van der Waals surface area contributed by atoms with E-state index in [9.17, 15) is 8.42 Å². The summed E-state index contributed by atoms with van der Waals surface area (Å²) in [5.41, 5.74) is 3.32. The van der Waals surface area contributed by atoms with Crippen molar-refractivity contribution in [2.45, 2.75) is 10.8 Å². The van der Waals surface area contributed by atoms with Gasteiger partial charge in [-0.15, -0.1) is 0 Å². The van der Waals surface area contributed by atoms with Crippen molar-refractivity contribution in [2.24, 2.45) is 0 Å². The van der Waals surface area contributed by atoms with E-state index >= 15 is 0 Å². The predicted molar refractivity (Wildman–Crippen MR) is 82.7 cm³/mol. The third-order valence-corrected chi connectivity index (χ3v) is 4.79. The summed E-state index contributed by atoms with van der Waals surface area (Å²) in [5.74, 6) is 0.140. The number of hydrogen-bond acceptors (Lipinski definition) is 3. The molecule has 0 fully saturated rings. The lowest BCUT2D eigenvalue weighted by molar-refractivity contribution is 0.269. The first-order chi connectivity index (χ1) is 10.1. The fourth-order valence-corrected chi connectivity index (χ4v) is 3.16. The zero-order valence-electron chi connectivity index (χ0n) is 11.7. The summed E-state index contributed by atoms with van der Waals surface area (Å²) in [6, 6.07) is 17.1. The third-order valence-electron chi connectivity index (χ3n) is 3.67. The van der Waals surface area contributed by atoms with Gasteiger partial charge in [0.2, 0.25) is 0 Å². The van der Waals surface area contributed by atoms with E-state index in [1.807, 2.05) is 30.3 Å². The second kappa shape index (κ2) is 5.37. The van der Waals surface area contributed by atoms with Gasteiger partial charge in [0.1, 0.15) is 0 Å². The smallest absolute Gasteiger partial charge is 0.175 e. The molecule has 0 N–H and O–H groups in total. The molecular weight excluding hydrogens is 284 g/mol. The minimum absolute atomic E-state index is 0.140. The third kappa shape index (κ3) is 2.85. The van der Waals surface area contributed by atoms with Crippen molar-refractivity contribution in [3.63, 3.8) is 0 Å². The van der Waals surface area contributed by atoms with Crippen molar-refractivity contribution in [3.8, 4) is 0 Å². The number of sulfone groups is 1. The van der Waals surface area contributed by atoms with Crippen LogP contribution in [0, 0.1) is 0 Å². The molecule has 0 aliphatic carbocycles. The average molecular weight is 300 g/mol. The van der Waals surface area contributed by atoms with Gasteiger partial charge in [-0.1, -0.05) is 42.5 Å². The average Bonchev–Trinajstić information content (AvgIpc) is 2.97. The van der Waals surface area contributed by atoms with Crippen molar-refractivity contribution < 1.29 is 13.2 Å². The van der Waals surface area contributed by atoms with Gasteiger partial charge in [-0.05, 0) is 23.3 Å². The second-order valence-electron chi connectivity index (χ2n) is 5.17. The summed E-state index contributed by atoms with van der Waals surface area (Å²) in [6.07, 6.45) is 3.01. The van der Waals surface area contributed by atoms with Gasteiger partial charge in [0, 0.05) is 17.7 Å². The summed E-state index contributed by atoms with van der Waals surface area (Å²) in [4.78, 5) is 0.343. The highest BCUT2D eigenvalue weighted by molar-refractivity contribution is 7.90. The van der Waals surface area contributed by atoms with Gasteiger partial charge in [-0.2, -0.15) is 0 Å². The zero-order valence-corrected chi connectivity index (χ0v) is 12.5. The minimum Gasteiger partial charge on any atom is -0.500 e. The van der Waals surface area contributed by atoms with Crippen LogP contribution in [0.1, 0.15) is 17.0 Å². The van der Waals surface area contributed by atoms with E-state index in [1.165, 1.54) is 6.26 Å². The molecule has 1 heterocycles. The van der Waals surface area contributed by atoms with Gasteiger partial charge < -0.3 is 4.74 Å². The van der Waals surface area contributed by atoms with Crippen molar-refractivity contribution in [2.75, 3.05) is 12.9 Å². The molecule has 0 saturated heterocycles. The van der Waals surface area contributed by atoms with Gasteiger partial charge in [0.25, 0.3) is 0 Å². The summed E-state index contributed by atoms with van der Waals surface area (Å²) in [6.45, 7) is 0.586. The highest BCUT2D eigenvalue weighted by atomic mass is 32.2. The van der Waals surface area contributed by atoms with E-state index in [4.69, 9.17) is 4.74 Å². The van der Waals surface area contributed by atoms with Gasteiger partial charge in [-0.25, -0.2) is 8.42 Å². The molecule has 0 bridgehead atoms. The highest BCUT2D eigenvalue weighted by Crippen LogP contribution is 2.36. The molecule has 21 heavy (non-hydrogen) atoms. The Labute approximate surface area is 124 Å². The normalized spacial score (nSPS) is 18.1. The second-order valence-corrected chi connectivity index (χ2v) is 7.18. The Kier molecular flexibility index (Phi) is 3.55. The van der Waals surface area contributed by atoms with E-state index in [0.717, 1.165) is 16.7 Å².